The van der Waals surface area contributed by atoms with E-state index in [4.69, 9.17) is 0 Å². The lowest BCUT2D eigenvalue weighted by molar-refractivity contribution is -0.137. The minimum atomic E-state index is -4.42. The Kier molecular flexibility index (Phi) is 6.24. The van der Waals surface area contributed by atoms with Crippen molar-refractivity contribution < 1.29 is 23.1 Å². The van der Waals surface area contributed by atoms with E-state index in [2.05, 4.69) is 10.3 Å². The molecule has 3 aromatic carbocycles. The van der Waals surface area contributed by atoms with Gasteiger partial charge in [0, 0.05) is 17.4 Å². The highest BCUT2D eigenvalue weighted by molar-refractivity contribution is 6.08. The molecule has 0 aliphatic carbocycles. The van der Waals surface area contributed by atoms with Gasteiger partial charge in [-0.15, -0.1) is 0 Å². The molecule has 2 N–H and O–H groups in total. The Morgan fingerprint density at radius 3 is 2.15 bits per heavy atom. The average molecular weight is 448 g/mol. The number of hydrogen-bond donors (Lipinski definition) is 2. The summed E-state index contributed by atoms with van der Waals surface area (Å²) in [4.78, 5) is 17.1. The van der Waals surface area contributed by atoms with E-state index in [0.29, 0.717) is 33.6 Å². The van der Waals surface area contributed by atoms with Crippen LogP contribution in [0.3, 0.4) is 0 Å². The summed E-state index contributed by atoms with van der Waals surface area (Å²) in [6.07, 6.45) is -3.72. The van der Waals surface area contributed by atoms with Crippen LogP contribution in [0.5, 0.6) is 0 Å². The van der Waals surface area contributed by atoms with Crippen molar-refractivity contribution in [3.8, 4) is 11.1 Å². The van der Waals surface area contributed by atoms with Crippen molar-refractivity contribution in [3.63, 3.8) is 0 Å². The van der Waals surface area contributed by atoms with Crippen LogP contribution in [0.25, 0.3) is 11.1 Å². The summed E-state index contributed by atoms with van der Waals surface area (Å²) in [6.45, 7) is 0. The molecule has 0 radical (unpaired) electrons. The second kappa shape index (κ2) is 9.26. The minimum Gasteiger partial charge on any atom is -0.382 e. The number of amides is 1. The van der Waals surface area contributed by atoms with E-state index in [-0.39, 0.29) is 0 Å². The molecule has 0 bridgehead atoms. The quantitative estimate of drug-likeness (QED) is 0.388. The third kappa shape index (κ3) is 5.10. The molecule has 1 heterocycles. The number of nitrogens with one attached hydrogen (secondary N) is 1. The first kappa shape index (κ1) is 22.2. The molecule has 0 saturated heterocycles. The summed E-state index contributed by atoms with van der Waals surface area (Å²) in [6, 6.07) is 23.4. The predicted octanol–water partition coefficient (Wildman–Crippen LogP) is 6.10. The summed E-state index contributed by atoms with van der Waals surface area (Å²) >= 11 is 0. The number of aliphatic hydroxyl groups excluding tert-OH is 1. The maximum Gasteiger partial charge on any atom is 0.416 e. The molecule has 4 nitrogen and oxygen atoms in total. The van der Waals surface area contributed by atoms with Gasteiger partial charge < -0.3 is 10.4 Å². The van der Waals surface area contributed by atoms with Crippen molar-refractivity contribution in [3.05, 3.63) is 120 Å². The minimum absolute atomic E-state index is 0.329. The molecule has 1 amide bonds. The molecule has 33 heavy (non-hydrogen) atoms. The summed E-state index contributed by atoms with van der Waals surface area (Å²) in [5.74, 6) is -0.400. The zero-order valence-corrected chi connectivity index (χ0v) is 17.3. The summed E-state index contributed by atoms with van der Waals surface area (Å²) in [5, 5.41) is 13.2. The maximum atomic E-state index is 12.9. The Bertz CT molecular complexity index is 1240. The molecule has 0 aliphatic heterocycles. The van der Waals surface area contributed by atoms with Crippen LogP contribution in [-0.2, 0) is 6.18 Å². The maximum absolute atomic E-state index is 12.9. The van der Waals surface area contributed by atoms with Crippen molar-refractivity contribution in [1.82, 2.24) is 4.98 Å². The second-order valence-electron chi connectivity index (χ2n) is 7.35. The van der Waals surface area contributed by atoms with E-state index in [1.807, 2.05) is 0 Å². The fourth-order valence-corrected chi connectivity index (χ4v) is 3.43. The molecule has 1 aromatic heterocycles. The number of halogens is 3. The van der Waals surface area contributed by atoms with E-state index in [0.717, 1.165) is 12.1 Å². The fourth-order valence-electron chi connectivity index (χ4n) is 3.43. The van der Waals surface area contributed by atoms with Gasteiger partial charge in [0.1, 0.15) is 6.10 Å². The second-order valence-corrected chi connectivity index (χ2v) is 7.35. The first-order valence-corrected chi connectivity index (χ1v) is 10.1. The Labute approximate surface area is 188 Å². The SMILES string of the molecule is O=C(Nc1ccc(C(O)c2ccccn2)cc1)c1ccccc1-c1ccc(C(F)(F)F)cc1. The van der Waals surface area contributed by atoms with E-state index in [9.17, 15) is 23.1 Å². The number of nitrogens with zero attached hydrogens (tertiary/aromatic N) is 1. The van der Waals surface area contributed by atoms with Crippen LogP contribution in [0.4, 0.5) is 18.9 Å². The number of alkyl halides is 3. The van der Waals surface area contributed by atoms with Gasteiger partial charge in [-0.25, -0.2) is 0 Å². The zero-order valence-electron chi connectivity index (χ0n) is 17.3. The van der Waals surface area contributed by atoms with Crippen LogP contribution in [0.15, 0.2) is 97.2 Å². The zero-order chi connectivity index (χ0) is 23.4. The van der Waals surface area contributed by atoms with Crippen LogP contribution in [-0.4, -0.2) is 16.0 Å². The number of carbonyl (C=O) groups excluding carboxylic acids is 1. The number of benzene rings is 3. The lowest BCUT2D eigenvalue weighted by Gasteiger charge is -2.13. The third-order valence-electron chi connectivity index (χ3n) is 5.15. The van der Waals surface area contributed by atoms with Crippen LogP contribution < -0.4 is 5.32 Å². The van der Waals surface area contributed by atoms with Crippen LogP contribution in [0, 0.1) is 0 Å². The summed E-state index contributed by atoms with van der Waals surface area (Å²) in [7, 11) is 0. The first-order valence-electron chi connectivity index (χ1n) is 10.1. The van der Waals surface area contributed by atoms with Gasteiger partial charge in [-0.1, -0.05) is 48.5 Å². The van der Waals surface area contributed by atoms with Crippen LogP contribution in [0.1, 0.15) is 33.3 Å². The Balaban J connectivity index is 1.53. The summed E-state index contributed by atoms with van der Waals surface area (Å²) < 4.78 is 38.6. The number of hydrogen-bond acceptors (Lipinski definition) is 3. The Hall–Kier alpha value is -3.97. The van der Waals surface area contributed by atoms with E-state index in [1.54, 1.807) is 72.9 Å². The fraction of sp³-hybridized carbons (Fsp3) is 0.0769. The molecule has 0 aliphatic rings. The number of pyridine rings is 1. The summed E-state index contributed by atoms with van der Waals surface area (Å²) in [5.41, 5.74) is 2.25. The van der Waals surface area contributed by atoms with Gasteiger partial charge in [-0.05, 0) is 59.2 Å². The molecule has 7 heteroatoms. The normalized spacial score (nSPS) is 12.2. The molecular weight excluding hydrogens is 429 g/mol. The van der Waals surface area contributed by atoms with Gasteiger partial charge in [0.2, 0.25) is 0 Å². The van der Waals surface area contributed by atoms with Gasteiger partial charge in [-0.3, -0.25) is 9.78 Å². The van der Waals surface area contributed by atoms with Crippen molar-refractivity contribution >= 4 is 11.6 Å². The third-order valence-corrected chi connectivity index (χ3v) is 5.15. The van der Waals surface area contributed by atoms with Gasteiger partial charge in [-0.2, -0.15) is 13.2 Å². The number of anilines is 1. The molecule has 1 unspecified atom stereocenters. The standard InChI is InChI=1S/C26H19F3N2O2/c27-26(28,29)19-12-8-17(9-13-19)21-5-1-2-6-22(21)25(33)31-20-14-10-18(11-15-20)24(32)23-7-3-4-16-30-23/h1-16,24,32H,(H,31,33). The van der Waals surface area contributed by atoms with Gasteiger partial charge in [0.25, 0.3) is 5.91 Å². The smallest absolute Gasteiger partial charge is 0.382 e. The van der Waals surface area contributed by atoms with Gasteiger partial charge in [0.15, 0.2) is 0 Å². The monoisotopic (exact) mass is 448 g/mol. The van der Waals surface area contributed by atoms with Gasteiger partial charge >= 0.3 is 6.18 Å². The van der Waals surface area contributed by atoms with Crippen LogP contribution in [0.2, 0.25) is 0 Å². The molecule has 1 atom stereocenters. The number of aliphatic hydroxyl groups is 1. The Morgan fingerprint density at radius 2 is 1.52 bits per heavy atom. The molecule has 4 rings (SSSR count). The van der Waals surface area contributed by atoms with Gasteiger partial charge in [0.05, 0.1) is 11.3 Å². The molecule has 0 spiro atoms. The molecular formula is C26H19F3N2O2. The predicted molar refractivity (Wildman–Crippen MR) is 120 cm³/mol. The van der Waals surface area contributed by atoms with E-state index >= 15 is 0 Å². The molecule has 0 fully saturated rings. The number of rotatable bonds is 5. The molecule has 4 aromatic rings. The highest BCUT2D eigenvalue weighted by Crippen LogP contribution is 2.32. The average Bonchev–Trinajstić information content (AvgIpc) is 2.84. The van der Waals surface area contributed by atoms with Crippen molar-refractivity contribution in [2.24, 2.45) is 0 Å². The molecule has 166 valence electrons. The van der Waals surface area contributed by atoms with Crippen molar-refractivity contribution in [1.29, 1.82) is 0 Å². The van der Waals surface area contributed by atoms with Crippen molar-refractivity contribution in [2.45, 2.75) is 12.3 Å². The van der Waals surface area contributed by atoms with E-state index in [1.165, 1.54) is 12.1 Å². The number of carbonyl (C=O) groups is 1. The first-order chi connectivity index (χ1) is 15.8. The topological polar surface area (TPSA) is 62.2 Å². The highest BCUT2D eigenvalue weighted by Gasteiger charge is 2.30. The largest absolute Gasteiger partial charge is 0.416 e. The van der Waals surface area contributed by atoms with Crippen molar-refractivity contribution in [2.75, 3.05) is 5.32 Å². The lowest BCUT2D eigenvalue weighted by atomic mass is 9.98. The molecule has 0 saturated carbocycles. The number of aromatic nitrogens is 1. The lowest BCUT2D eigenvalue weighted by Crippen LogP contribution is -2.13. The highest BCUT2D eigenvalue weighted by atomic mass is 19.4. The Morgan fingerprint density at radius 1 is 0.848 bits per heavy atom. The van der Waals surface area contributed by atoms with E-state index < -0.39 is 23.8 Å². The van der Waals surface area contributed by atoms with Crippen LogP contribution >= 0.6 is 0 Å².